The van der Waals surface area contributed by atoms with Gasteiger partial charge in [0.05, 0.1) is 24.1 Å². The molecule has 0 aliphatic carbocycles. The lowest BCUT2D eigenvalue weighted by Gasteiger charge is -2.27. The Morgan fingerprint density at radius 2 is 2.23 bits per heavy atom. The molecule has 1 aliphatic heterocycles. The van der Waals surface area contributed by atoms with Gasteiger partial charge >= 0.3 is 0 Å². The van der Waals surface area contributed by atoms with E-state index in [1.54, 1.807) is 22.9 Å². The molecule has 0 saturated carbocycles. The molecule has 1 fully saturated rings. The Kier molecular flexibility index (Phi) is 5.23. The number of carbonyl (C=O) groups excluding carboxylic acids is 1. The first kappa shape index (κ1) is 17.0. The first-order chi connectivity index (χ1) is 10.3. The molecule has 8 heteroatoms. The fourth-order valence-corrected chi connectivity index (χ4v) is 3.43. The van der Waals surface area contributed by atoms with Crippen molar-refractivity contribution in [3.8, 4) is 0 Å². The van der Waals surface area contributed by atoms with Crippen LogP contribution < -0.4 is 0 Å². The van der Waals surface area contributed by atoms with Crippen molar-refractivity contribution < 1.29 is 17.9 Å². The summed E-state index contributed by atoms with van der Waals surface area (Å²) < 4.78 is 29.7. The van der Waals surface area contributed by atoms with E-state index < -0.39 is 9.84 Å². The van der Waals surface area contributed by atoms with Gasteiger partial charge in [0.2, 0.25) is 5.91 Å². The Balaban J connectivity index is 2.06. The predicted molar refractivity (Wildman–Crippen MR) is 82.2 cm³/mol. The molecule has 22 heavy (non-hydrogen) atoms. The van der Waals surface area contributed by atoms with Gasteiger partial charge < -0.3 is 9.64 Å². The number of amides is 1. The summed E-state index contributed by atoms with van der Waals surface area (Å²) >= 11 is 0. The van der Waals surface area contributed by atoms with Gasteiger partial charge in [-0.2, -0.15) is 5.10 Å². The zero-order valence-corrected chi connectivity index (χ0v) is 14.0. The van der Waals surface area contributed by atoms with E-state index >= 15 is 0 Å². The molecule has 2 heterocycles. The molecule has 1 saturated heterocycles. The van der Waals surface area contributed by atoms with Crippen LogP contribution in [0.25, 0.3) is 0 Å². The number of nitrogens with zero attached hydrogens (tertiary/aromatic N) is 3. The third-order valence-electron chi connectivity index (χ3n) is 4.00. The smallest absolute Gasteiger partial charge is 0.223 e. The topological polar surface area (TPSA) is 81.5 Å². The number of carbonyl (C=O) groups is 1. The van der Waals surface area contributed by atoms with E-state index in [4.69, 9.17) is 4.74 Å². The maximum absolute atomic E-state index is 12.3. The number of likely N-dealkylation sites (tertiary alicyclic amines) is 1. The quantitative estimate of drug-likeness (QED) is 0.734. The number of hydrogen-bond donors (Lipinski definition) is 0. The molecule has 0 N–H and O–H groups in total. The third kappa shape index (κ3) is 4.30. The molecule has 2 atom stereocenters. The van der Waals surface area contributed by atoms with Crippen LogP contribution in [0.2, 0.25) is 0 Å². The van der Waals surface area contributed by atoms with Crippen molar-refractivity contribution in [2.75, 3.05) is 25.7 Å². The van der Waals surface area contributed by atoms with Crippen LogP contribution in [0.15, 0.2) is 12.4 Å². The molecule has 0 aromatic carbocycles. The molecule has 0 spiro atoms. The van der Waals surface area contributed by atoms with Crippen LogP contribution in [0.5, 0.6) is 0 Å². The highest BCUT2D eigenvalue weighted by atomic mass is 32.2. The Hall–Kier alpha value is -1.41. The Labute approximate surface area is 131 Å². The number of methoxy groups -OCH3 is 1. The minimum atomic E-state index is -3.13. The first-order valence-electron chi connectivity index (χ1n) is 7.27. The summed E-state index contributed by atoms with van der Waals surface area (Å²) in [6.07, 6.45) is 6.29. The summed E-state index contributed by atoms with van der Waals surface area (Å²) in [5.74, 6) is -0.238. The molecular weight excluding hydrogens is 306 g/mol. The van der Waals surface area contributed by atoms with Crippen molar-refractivity contribution in [3.05, 3.63) is 18.0 Å². The zero-order valence-electron chi connectivity index (χ0n) is 13.2. The summed E-state index contributed by atoms with van der Waals surface area (Å²) in [6, 6.07) is -0.0683. The lowest BCUT2D eigenvalue weighted by Crippen LogP contribution is -2.42. The molecule has 124 valence electrons. The number of ether oxygens (including phenoxy) is 1. The van der Waals surface area contributed by atoms with E-state index in [1.165, 1.54) is 0 Å². The normalized spacial score (nSPS) is 22.2. The van der Waals surface area contributed by atoms with Gasteiger partial charge in [-0.3, -0.25) is 9.48 Å². The van der Waals surface area contributed by atoms with Crippen LogP contribution in [-0.2, 0) is 32.8 Å². The number of aryl methyl sites for hydroxylation is 1. The standard InChI is InChI=1S/C14H23N3O4S/c1-16-10-11(9-15-16)8-12-13(21-2)4-6-17(12)14(18)5-7-22(3,19)20/h9-10,12-13H,4-8H2,1-3H3/t12-,13-/m0/s1. The molecular formula is C14H23N3O4S. The highest BCUT2D eigenvalue weighted by Crippen LogP contribution is 2.24. The van der Waals surface area contributed by atoms with Crippen molar-refractivity contribution in [2.24, 2.45) is 7.05 Å². The van der Waals surface area contributed by atoms with Gasteiger partial charge in [0.1, 0.15) is 9.84 Å². The summed E-state index contributed by atoms with van der Waals surface area (Å²) in [5, 5.41) is 4.14. The van der Waals surface area contributed by atoms with Gasteiger partial charge in [0.25, 0.3) is 0 Å². The van der Waals surface area contributed by atoms with Gasteiger partial charge in [-0.1, -0.05) is 0 Å². The second kappa shape index (κ2) is 6.78. The van der Waals surface area contributed by atoms with E-state index in [0.29, 0.717) is 13.0 Å². The van der Waals surface area contributed by atoms with Crippen LogP contribution in [0, 0.1) is 0 Å². The Bertz CT molecular complexity index is 626. The monoisotopic (exact) mass is 329 g/mol. The lowest BCUT2D eigenvalue weighted by molar-refractivity contribution is -0.132. The molecule has 0 bridgehead atoms. The van der Waals surface area contributed by atoms with Crippen molar-refractivity contribution in [1.82, 2.24) is 14.7 Å². The van der Waals surface area contributed by atoms with Crippen molar-refractivity contribution >= 4 is 15.7 Å². The van der Waals surface area contributed by atoms with Crippen LogP contribution >= 0.6 is 0 Å². The third-order valence-corrected chi connectivity index (χ3v) is 4.94. The molecule has 1 amide bonds. The fraction of sp³-hybridized carbons (Fsp3) is 0.714. The van der Waals surface area contributed by atoms with Crippen molar-refractivity contribution in [2.45, 2.75) is 31.4 Å². The maximum atomic E-state index is 12.3. The largest absolute Gasteiger partial charge is 0.379 e. The summed E-state index contributed by atoms with van der Waals surface area (Å²) in [7, 11) is 0.359. The average Bonchev–Trinajstić information content (AvgIpc) is 3.02. The maximum Gasteiger partial charge on any atom is 0.223 e. The van der Waals surface area contributed by atoms with Crippen LogP contribution in [0.3, 0.4) is 0 Å². The number of aromatic nitrogens is 2. The number of hydrogen-bond acceptors (Lipinski definition) is 5. The van der Waals surface area contributed by atoms with Crippen molar-refractivity contribution in [1.29, 1.82) is 0 Å². The Morgan fingerprint density at radius 1 is 1.50 bits per heavy atom. The molecule has 0 unspecified atom stereocenters. The number of rotatable bonds is 6. The lowest BCUT2D eigenvalue weighted by atomic mass is 10.0. The second-order valence-electron chi connectivity index (χ2n) is 5.82. The number of sulfone groups is 1. The van der Waals surface area contributed by atoms with E-state index in [0.717, 1.165) is 18.2 Å². The molecule has 7 nitrogen and oxygen atoms in total. The summed E-state index contributed by atoms with van der Waals surface area (Å²) in [5.41, 5.74) is 1.04. The fourth-order valence-electron chi connectivity index (χ4n) is 2.89. The molecule has 1 aromatic rings. The molecule has 1 aromatic heterocycles. The first-order valence-corrected chi connectivity index (χ1v) is 9.33. The van der Waals surface area contributed by atoms with Gasteiger partial charge in [-0.05, 0) is 18.4 Å². The molecule has 1 aliphatic rings. The van der Waals surface area contributed by atoms with E-state index in [-0.39, 0.29) is 30.2 Å². The molecule has 2 rings (SSSR count). The van der Waals surface area contributed by atoms with Gasteiger partial charge in [0.15, 0.2) is 0 Å². The molecule has 0 radical (unpaired) electrons. The minimum absolute atomic E-state index is 0.0256. The summed E-state index contributed by atoms with van der Waals surface area (Å²) in [6.45, 7) is 0.603. The van der Waals surface area contributed by atoms with Gasteiger partial charge in [-0.25, -0.2) is 8.42 Å². The average molecular weight is 329 g/mol. The van der Waals surface area contributed by atoms with E-state index in [9.17, 15) is 13.2 Å². The zero-order chi connectivity index (χ0) is 16.3. The van der Waals surface area contributed by atoms with Crippen molar-refractivity contribution in [3.63, 3.8) is 0 Å². The van der Waals surface area contributed by atoms with E-state index in [2.05, 4.69) is 5.10 Å². The SMILES string of the molecule is CO[C@H]1CCN(C(=O)CCS(C)(=O)=O)[C@H]1Cc1cnn(C)c1. The predicted octanol–water partition coefficient (Wildman–Crippen LogP) is 0.0132. The van der Waals surface area contributed by atoms with Gasteiger partial charge in [-0.15, -0.1) is 0 Å². The van der Waals surface area contributed by atoms with Crippen LogP contribution in [0.4, 0.5) is 0 Å². The second-order valence-corrected chi connectivity index (χ2v) is 8.08. The van der Waals surface area contributed by atoms with Gasteiger partial charge in [0, 0.05) is 39.6 Å². The van der Waals surface area contributed by atoms with Crippen LogP contribution in [-0.4, -0.2) is 66.8 Å². The highest BCUT2D eigenvalue weighted by molar-refractivity contribution is 7.90. The Morgan fingerprint density at radius 3 is 2.77 bits per heavy atom. The van der Waals surface area contributed by atoms with E-state index in [1.807, 2.05) is 13.2 Å². The highest BCUT2D eigenvalue weighted by Gasteiger charge is 2.37. The summed E-state index contributed by atoms with van der Waals surface area (Å²) in [4.78, 5) is 14.1. The van der Waals surface area contributed by atoms with Crippen LogP contribution in [0.1, 0.15) is 18.4 Å². The minimum Gasteiger partial charge on any atom is -0.379 e.